The van der Waals surface area contributed by atoms with Gasteiger partial charge >= 0.3 is 0 Å². The highest BCUT2D eigenvalue weighted by molar-refractivity contribution is 6.42. The van der Waals surface area contributed by atoms with Crippen LogP contribution in [-0.2, 0) is 10.3 Å². The van der Waals surface area contributed by atoms with Gasteiger partial charge in [-0.3, -0.25) is 4.79 Å². The summed E-state index contributed by atoms with van der Waals surface area (Å²) in [4.78, 5) is 11.9. The third-order valence-electron chi connectivity index (χ3n) is 3.16. The zero-order chi connectivity index (χ0) is 14.8. The van der Waals surface area contributed by atoms with Crippen LogP contribution in [0.2, 0.25) is 10.0 Å². The number of carbonyl (C=O) groups is 1. The Labute approximate surface area is 127 Å². The number of carbonyl (C=O) groups excluding carboxylic acids is 1. The second kappa shape index (κ2) is 5.73. The highest BCUT2D eigenvalue weighted by atomic mass is 35.5. The molecule has 0 aliphatic heterocycles. The molecule has 0 heterocycles. The third kappa shape index (κ3) is 2.89. The number of primary amides is 1. The Bertz CT molecular complexity index is 631. The Morgan fingerprint density at radius 1 is 1.10 bits per heavy atom. The molecule has 2 rings (SSSR count). The van der Waals surface area contributed by atoms with Crippen molar-refractivity contribution in [2.75, 3.05) is 5.32 Å². The number of hydrogen-bond donors (Lipinski definition) is 2. The second-order valence-corrected chi connectivity index (χ2v) is 5.42. The van der Waals surface area contributed by atoms with Crippen LogP contribution in [0.1, 0.15) is 12.5 Å². The summed E-state index contributed by atoms with van der Waals surface area (Å²) >= 11 is 11.9. The van der Waals surface area contributed by atoms with Gasteiger partial charge in [0.25, 0.3) is 0 Å². The smallest absolute Gasteiger partial charge is 0.247 e. The van der Waals surface area contributed by atoms with Gasteiger partial charge in [-0.1, -0.05) is 47.5 Å². The van der Waals surface area contributed by atoms with Crippen LogP contribution in [0.25, 0.3) is 0 Å². The summed E-state index contributed by atoms with van der Waals surface area (Å²) in [7, 11) is 0. The maximum atomic E-state index is 11.9. The molecular formula is C15H14Cl2N2O. The monoisotopic (exact) mass is 308 g/mol. The van der Waals surface area contributed by atoms with E-state index in [2.05, 4.69) is 5.32 Å². The summed E-state index contributed by atoms with van der Waals surface area (Å²) in [6.45, 7) is 1.71. The maximum absolute atomic E-state index is 11.9. The standard InChI is InChI=1S/C15H14Cl2N2O/c1-15(14(18)20,19-11-5-3-2-4-6-11)10-7-8-12(16)13(17)9-10/h2-9,19H,1H3,(H2,18,20). The lowest BCUT2D eigenvalue weighted by Crippen LogP contribution is -2.45. The molecule has 0 saturated heterocycles. The van der Waals surface area contributed by atoms with Crippen molar-refractivity contribution in [1.29, 1.82) is 0 Å². The van der Waals surface area contributed by atoms with Crippen molar-refractivity contribution in [1.82, 2.24) is 0 Å². The molecule has 0 aliphatic rings. The van der Waals surface area contributed by atoms with E-state index in [0.29, 0.717) is 15.6 Å². The van der Waals surface area contributed by atoms with Crippen LogP contribution in [0.5, 0.6) is 0 Å². The van der Waals surface area contributed by atoms with Crippen LogP contribution >= 0.6 is 23.2 Å². The first-order chi connectivity index (χ1) is 9.43. The van der Waals surface area contributed by atoms with Crippen molar-refractivity contribution in [3.63, 3.8) is 0 Å². The zero-order valence-electron chi connectivity index (χ0n) is 10.9. The van der Waals surface area contributed by atoms with E-state index in [9.17, 15) is 4.79 Å². The maximum Gasteiger partial charge on any atom is 0.247 e. The molecule has 2 aromatic carbocycles. The van der Waals surface area contributed by atoms with Crippen molar-refractivity contribution in [3.05, 3.63) is 64.1 Å². The van der Waals surface area contributed by atoms with Crippen LogP contribution in [0, 0.1) is 0 Å². The highest BCUT2D eigenvalue weighted by Gasteiger charge is 2.33. The van der Waals surface area contributed by atoms with Crippen LogP contribution in [-0.4, -0.2) is 5.91 Å². The van der Waals surface area contributed by atoms with Gasteiger partial charge in [0.1, 0.15) is 5.54 Å². The van der Waals surface area contributed by atoms with Gasteiger partial charge in [0, 0.05) is 5.69 Å². The first-order valence-corrected chi connectivity index (χ1v) is 6.78. The zero-order valence-corrected chi connectivity index (χ0v) is 12.4. The lowest BCUT2D eigenvalue weighted by molar-refractivity contribution is -0.122. The first-order valence-electron chi connectivity index (χ1n) is 6.02. The first kappa shape index (κ1) is 14.7. The molecule has 0 spiro atoms. The summed E-state index contributed by atoms with van der Waals surface area (Å²) in [5.74, 6) is -0.500. The number of nitrogens with one attached hydrogen (secondary N) is 1. The Morgan fingerprint density at radius 2 is 1.75 bits per heavy atom. The normalized spacial score (nSPS) is 13.6. The summed E-state index contributed by atoms with van der Waals surface area (Å²) in [6, 6.07) is 14.4. The Kier molecular flexibility index (Phi) is 4.21. The lowest BCUT2D eigenvalue weighted by Gasteiger charge is -2.29. The second-order valence-electron chi connectivity index (χ2n) is 4.61. The predicted octanol–water partition coefficient (Wildman–Crippen LogP) is 3.81. The van der Waals surface area contributed by atoms with Gasteiger partial charge in [0.15, 0.2) is 0 Å². The largest absolute Gasteiger partial charge is 0.368 e. The molecule has 5 heteroatoms. The molecule has 0 aromatic heterocycles. The van der Waals surface area contributed by atoms with Gasteiger partial charge in [-0.05, 0) is 36.8 Å². The van der Waals surface area contributed by atoms with E-state index >= 15 is 0 Å². The summed E-state index contributed by atoms with van der Waals surface area (Å²) in [5.41, 5.74) is 5.93. The number of amides is 1. The molecule has 20 heavy (non-hydrogen) atoms. The minimum absolute atomic E-state index is 0.381. The van der Waals surface area contributed by atoms with Crippen LogP contribution in [0.3, 0.4) is 0 Å². The molecule has 104 valence electrons. The quantitative estimate of drug-likeness (QED) is 0.902. The SMILES string of the molecule is CC(Nc1ccccc1)(C(N)=O)c1ccc(Cl)c(Cl)c1. The fraction of sp³-hybridized carbons (Fsp3) is 0.133. The van der Waals surface area contributed by atoms with E-state index in [1.54, 1.807) is 25.1 Å². The average Bonchev–Trinajstić information content (AvgIpc) is 2.42. The molecule has 0 bridgehead atoms. The minimum Gasteiger partial charge on any atom is -0.368 e. The van der Waals surface area contributed by atoms with E-state index in [1.807, 2.05) is 30.3 Å². The van der Waals surface area contributed by atoms with E-state index in [0.717, 1.165) is 5.69 Å². The van der Waals surface area contributed by atoms with Crippen molar-refractivity contribution < 1.29 is 4.79 Å². The number of nitrogens with two attached hydrogens (primary N) is 1. The molecule has 0 radical (unpaired) electrons. The van der Waals surface area contributed by atoms with Gasteiger partial charge in [0.2, 0.25) is 5.91 Å². The number of para-hydroxylation sites is 1. The van der Waals surface area contributed by atoms with Crippen molar-refractivity contribution >= 4 is 34.8 Å². The van der Waals surface area contributed by atoms with Gasteiger partial charge in [-0.15, -0.1) is 0 Å². The van der Waals surface area contributed by atoms with Crippen LogP contribution < -0.4 is 11.1 Å². The van der Waals surface area contributed by atoms with Crippen LogP contribution in [0.15, 0.2) is 48.5 Å². The molecule has 3 N–H and O–H groups in total. The molecule has 0 saturated carbocycles. The van der Waals surface area contributed by atoms with Gasteiger partial charge in [0.05, 0.1) is 10.0 Å². The number of benzene rings is 2. The average molecular weight is 309 g/mol. The number of halogens is 2. The van der Waals surface area contributed by atoms with Gasteiger partial charge in [-0.25, -0.2) is 0 Å². The molecular weight excluding hydrogens is 295 g/mol. The Balaban J connectivity index is 2.43. The lowest BCUT2D eigenvalue weighted by atomic mass is 9.91. The molecule has 0 fully saturated rings. The highest BCUT2D eigenvalue weighted by Crippen LogP contribution is 2.31. The topological polar surface area (TPSA) is 55.1 Å². The molecule has 1 amide bonds. The summed E-state index contributed by atoms with van der Waals surface area (Å²) in [6.07, 6.45) is 0. The van der Waals surface area contributed by atoms with E-state index in [-0.39, 0.29) is 0 Å². The van der Waals surface area contributed by atoms with Crippen molar-refractivity contribution in [2.24, 2.45) is 5.73 Å². The number of hydrogen-bond acceptors (Lipinski definition) is 2. The van der Waals surface area contributed by atoms with E-state index in [4.69, 9.17) is 28.9 Å². The van der Waals surface area contributed by atoms with E-state index < -0.39 is 11.4 Å². The van der Waals surface area contributed by atoms with Crippen molar-refractivity contribution in [3.8, 4) is 0 Å². The number of anilines is 1. The number of rotatable bonds is 4. The fourth-order valence-electron chi connectivity index (χ4n) is 1.89. The fourth-order valence-corrected chi connectivity index (χ4v) is 2.19. The van der Waals surface area contributed by atoms with Gasteiger partial charge < -0.3 is 11.1 Å². The molecule has 1 atom stereocenters. The Morgan fingerprint density at radius 3 is 2.30 bits per heavy atom. The predicted molar refractivity (Wildman–Crippen MR) is 83.1 cm³/mol. The minimum atomic E-state index is -1.07. The summed E-state index contributed by atoms with van der Waals surface area (Å²) < 4.78 is 0. The molecule has 1 unspecified atom stereocenters. The van der Waals surface area contributed by atoms with Gasteiger partial charge in [-0.2, -0.15) is 0 Å². The summed E-state index contributed by atoms with van der Waals surface area (Å²) in [5, 5.41) is 3.95. The van der Waals surface area contributed by atoms with Crippen LogP contribution in [0.4, 0.5) is 5.69 Å². The third-order valence-corrected chi connectivity index (χ3v) is 3.90. The van der Waals surface area contributed by atoms with Crippen molar-refractivity contribution in [2.45, 2.75) is 12.5 Å². The Hall–Kier alpha value is -1.71. The molecule has 3 nitrogen and oxygen atoms in total. The molecule has 0 aliphatic carbocycles. The van der Waals surface area contributed by atoms with E-state index in [1.165, 1.54) is 0 Å². The molecule has 2 aromatic rings.